The van der Waals surface area contributed by atoms with E-state index in [4.69, 9.17) is 15.1 Å². The van der Waals surface area contributed by atoms with Gasteiger partial charge < -0.3 is 20.1 Å². The van der Waals surface area contributed by atoms with Crippen molar-refractivity contribution in [1.82, 2.24) is 5.32 Å². The van der Waals surface area contributed by atoms with Crippen molar-refractivity contribution in [2.75, 3.05) is 17.3 Å². The molecule has 1 amide bonds. The topological polar surface area (TPSA) is 115 Å². The molecule has 134 valence electrons. The van der Waals surface area contributed by atoms with Crippen molar-refractivity contribution < 1.29 is 19.4 Å². The molecule has 8 nitrogen and oxygen atoms in total. The molecular weight excluding hydrogens is 324 g/mol. The molecule has 0 aliphatic carbocycles. The zero-order valence-corrected chi connectivity index (χ0v) is 14.7. The minimum Gasteiger partial charge on any atom is -0.481 e. The molecule has 3 N–H and O–H groups in total. The molecule has 0 radical (unpaired) electrons. The number of nitrogens with zero attached hydrogens (tertiary/aromatic N) is 2. The molecule has 2 rings (SSSR count). The molecule has 0 saturated carbocycles. The minimum absolute atomic E-state index is 0.106. The zero-order valence-electron chi connectivity index (χ0n) is 14.7. The van der Waals surface area contributed by atoms with Crippen LogP contribution in [0, 0.1) is 11.3 Å². The van der Waals surface area contributed by atoms with E-state index in [0.717, 1.165) is 0 Å². The Morgan fingerprint density at radius 2 is 2.12 bits per heavy atom. The Morgan fingerprint density at radius 1 is 1.44 bits per heavy atom. The second kappa shape index (κ2) is 6.51. The number of benzene rings is 1. The van der Waals surface area contributed by atoms with Crippen molar-refractivity contribution in [3.63, 3.8) is 0 Å². The molecule has 0 fully saturated rings. The second-order valence-electron chi connectivity index (χ2n) is 6.91. The average Bonchev–Trinajstić information content (AvgIpc) is 2.76. The molecule has 8 heteroatoms. The Bertz CT molecular complexity index is 735. The van der Waals surface area contributed by atoms with Gasteiger partial charge in [0.2, 0.25) is 0 Å². The first-order valence-electron chi connectivity index (χ1n) is 7.85. The van der Waals surface area contributed by atoms with Crippen LogP contribution in [0.4, 0.5) is 16.2 Å². The highest BCUT2D eigenvalue weighted by atomic mass is 16.6. The summed E-state index contributed by atoms with van der Waals surface area (Å²) in [6.07, 6.45) is -0.716. The van der Waals surface area contributed by atoms with Crippen LogP contribution in [0.5, 0.6) is 0 Å². The van der Waals surface area contributed by atoms with E-state index < -0.39 is 23.5 Å². The molecule has 1 aromatic rings. The van der Waals surface area contributed by atoms with Crippen LogP contribution in [-0.4, -0.2) is 35.6 Å². The summed E-state index contributed by atoms with van der Waals surface area (Å²) in [7, 11) is 1.72. The number of amides is 1. The third-order valence-corrected chi connectivity index (χ3v) is 3.81. The van der Waals surface area contributed by atoms with E-state index in [1.807, 2.05) is 0 Å². The zero-order chi connectivity index (χ0) is 18.8. The van der Waals surface area contributed by atoms with Gasteiger partial charge in [0, 0.05) is 13.5 Å². The number of carboxylic acid groups (broad SMARTS) is 1. The Kier molecular flexibility index (Phi) is 4.79. The van der Waals surface area contributed by atoms with Gasteiger partial charge in [0.05, 0.1) is 29.4 Å². The first-order chi connectivity index (χ1) is 11.6. The van der Waals surface area contributed by atoms with Crippen molar-refractivity contribution in [3.05, 3.63) is 23.8 Å². The van der Waals surface area contributed by atoms with Crippen LogP contribution >= 0.6 is 0 Å². The number of aliphatic carboxylic acids is 1. The van der Waals surface area contributed by atoms with Gasteiger partial charge in [-0.05, 0) is 39.0 Å². The lowest BCUT2D eigenvalue weighted by Crippen LogP contribution is -2.62. The Labute approximate surface area is 146 Å². The van der Waals surface area contributed by atoms with Gasteiger partial charge in [0.1, 0.15) is 5.60 Å². The molecule has 1 heterocycles. The highest BCUT2D eigenvalue weighted by Gasteiger charge is 2.44. The smallest absolute Gasteiger partial charge is 0.410 e. The van der Waals surface area contributed by atoms with Gasteiger partial charge in [-0.3, -0.25) is 10.1 Å². The SMILES string of the molecule is CN1c2cc(C#N)ccc2N[C@@]1(CCC(=O)O)NC(=O)OC(C)(C)C. The van der Waals surface area contributed by atoms with Crippen LogP contribution in [-0.2, 0) is 9.53 Å². The lowest BCUT2D eigenvalue weighted by molar-refractivity contribution is -0.137. The van der Waals surface area contributed by atoms with Gasteiger partial charge in [-0.15, -0.1) is 0 Å². The Balaban J connectivity index is 2.32. The van der Waals surface area contributed by atoms with Gasteiger partial charge in [-0.1, -0.05) is 0 Å². The van der Waals surface area contributed by atoms with Gasteiger partial charge in [0.15, 0.2) is 5.79 Å². The number of nitrogens with one attached hydrogen (secondary N) is 2. The molecular formula is C17H22N4O4. The normalized spacial score (nSPS) is 18.8. The van der Waals surface area contributed by atoms with E-state index in [0.29, 0.717) is 16.9 Å². The summed E-state index contributed by atoms with van der Waals surface area (Å²) in [6, 6.07) is 7.13. The van der Waals surface area contributed by atoms with Crippen LogP contribution < -0.4 is 15.5 Å². The van der Waals surface area contributed by atoms with Crippen molar-refractivity contribution in [2.24, 2.45) is 0 Å². The number of fused-ring (bicyclic) bond motifs is 1. The van der Waals surface area contributed by atoms with Gasteiger partial charge in [0.25, 0.3) is 0 Å². The standard InChI is InChI=1S/C17H22N4O4/c1-16(2,3)25-15(24)20-17(8-7-14(22)23)19-12-6-5-11(10-18)9-13(12)21(17)4/h5-6,9,19H,7-8H2,1-4H3,(H,20,24)(H,22,23)/t17-/m0/s1. The molecule has 1 atom stereocenters. The molecule has 0 aromatic heterocycles. The van der Waals surface area contributed by atoms with Crippen molar-refractivity contribution in [1.29, 1.82) is 5.26 Å². The molecule has 0 unspecified atom stereocenters. The first-order valence-corrected chi connectivity index (χ1v) is 7.85. The minimum atomic E-state index is -1.16. The number of alkyl carbamates (subject to hydrolysis) is 1. The first kappa shape index (κ1) is 18.4. The average molecular weight is 346 g/mol. The number of anilines is 2. The maximum atomic E-state index is 12.3. The fourth-order valence-corrected chi connectivity index (χ4v) is 2.66. The fraction of sp³-hybridized carbons (Fsp3) is 0.471. The second-order valence-corrected chi connectivity index (χ2v) is 6.91. The monoisotopic (exact) mass is 346 g/mol. The maximum absolute atomic E-state index is 12.3. The van der Waals surface area contributed by atoms with Crippen LogP contribution in [0.2, 0.25) is 0 Å². The lowest BCUT2D eigenvalue weighted by atomic mass is 10.1. The van der Waals surface area contributed by atoms with Crippen LogP contribution in [0.15, 0.2) is 18.2 Å². The molecule has 0 bridgehead atoms. The molecule has 1 aromatic carbocycles. The van der Waals surface area contributed by atoms with Gasteiger partial charge in [-0.2, -0.15) is 5.26 Å². The summed E-state index contributed by atoms with van der Waals surface area (Å²) >= 11 is 0. The summed E-state index contributed by atoms with van der Waals surface area (Å²) in [5, 5.41) is 24.0. The number of ether oxygens (including phenoxy) is 1. The Morgan fingerprint density at radius 3 is 2.68 bits per heavy atom. The van der Waals surface area contributed by atoms with E-state index in [9.17, 15) is 9.59 Å². The molecule has 1 aliphatic rings. The number of rotatable bonds is 4. The number of carbonyl (C=O) groups excluding carboxylic acids is 1. The highest BCUT2D eigenvalue weighted by molar-refractivity contribution is 5.82. The van der Waals surface area contributed by atoms with Crippen LogP contribution in [0.3, 0.4) is 0 Å². The lowest BCUT2D eigenvalue weighted by Gasteiger charge is -2.38. The van der Waals surface area contributed by atoms with Crippen molar-refractivity contribution in [3.8, 4) is 6.07 Å². The third kappa shape index (κ3) is 4.12. The summed E-state index contributed by atoms with van der Waals surface area (Å²) in [5.41, 5.74) is 1.18. The summed E-state index contributed by atoms with van der Waals surface area (Å²) < 4.78 is 5.31. The van der Waals surface area contributed by atoms with Gasteiger partial charge in [-0.25, -0.2) is 4.79 Å². The number of hydrogen-bond donors (Lipinski definition) is 3. The maximum Gasteiger partial charge on any atom is 0.410 e. The van der Waals surface area contributed by atoms with Gasteiger partial charge >= 0.3 is 12.1 Å². The predicted octanol–water partition coefficient (Wildman–Crippen LogP) is 2.46. The van der Waals surface area contributed by atoms with E-state index in [-0.39, 0.29) is 12.8 Å². The third-order valence-electron chi connectivity index (χ3n) is 3.81. The largest absolute Gasteiger partial charge is 0.481 e. The fourth-order valence-electron chi connectivity index (χ4n) is 2.66. The molecule has 1 aliphatic heterocycles. The van der Waals surface area contributed by atoms with E-state index >= 15 is 0 Å². The highest BCUT2D eigenvalue weighted by Crippen LogP contribution is 2.40. The number of hydrogen-bond acceptors (Lipinski definition) is 6. The number of nitriles is 1. The van der Waals surface area contributed by atoms with E-state index in [2.05, 4.69) is 16.7 Å². The van der Waals surface area contributed by atoms with E-state index in [1.165, 1.54) is 0 Å². The van der Waals surface area contributed by atoms with Crippen molar-refractivity contribution in [2.45, 2.75) is 45.0 Å². The molecule has 0 spiro atoms. The van der Waals surface area contributed by atoms with Crippen LogP contribution in [0.1, 0.15) is 39.2 Å². The van der Waals surface area contributed by atoms with Crippen LogP contribution in [0.25, 0.3) is 0 Å². The predicted molar refractivity (Wildman–Crippen MR) is 92.2 cm³/mol. The summed E-state index contributed by atoms with van der Waals surface area (Å²) in [4.78, 5) is 25.1. The van der Waals surface area contributed by atoms with Crippen molar-refractivity contribution >= 4 is 23.4 Å². The number of carboxylic acids is 1. The summed E-state index contributed by atoms with van der Waals surface area (Å²) in [5.74, 6) is -2.13. The summed E-state index contributed by atoms with van der Waals surface area (Å²) in [6.45, 7) is 5.24. The quantitative estimate of drug-likeness (QED) is 0.767. The molecule has 0 saturated heterocycles. The Hall–Kier alpha value is -2.95. The van der Waals surface area contributed by atoms with E-state index in [1.54, 1.807) is 50.9 Å². The number of carbonyl (C=O) groups is 2. The molecule has 25 heavy (non-hydrogen) atoms.